The molecule has 0 N–H and O–H groups in total. The second-order valence-electron chi connectivity index (χ2n) is 4.01. The van der Waals surface area contributed by atoms with E-state index >= 15 is 0 Å². The van der Waals surface area contributed by atoms with E-state index in [9.17, 15) is 8.78 Å². The maximum Gasteiger partial charge on any atom is 0.134 e. The minimum absolute atomic E-state index is 0.356. The molecule has 0 spiro atoms. The van der Waals surface area contributed by atoms with Crippen LogP contribution >= 0.6 is 34.5 Å². The summed E-state index contributed by atoms with van der Waals surface area (Å²) in [5.41, 5.74) is 0.356. The van der Waals surface area contributed by atoms with Crippen molar-refractivity contribution in [2.45, 2.75) is 0 Å². The molecule has 0 bridgehead atoms. The summed E-state index contributed by atoms with van der Waals surface area (Å²) in [7, 11) is 0. The summed E-state index contributed by atoms with van der Waals surface area (Å²) in [6.45, 7) is 0. The Labute approximate surface area is 122 Å². The van der Waals surface area contributed by atoms with Crippen molar-refractivity contribution < 1.29 is 8.78 Å². The molecule has 0 aliphatic heterocycles. The molecule has 0 radical (unpaired) electrons. The lowest BCUT2D eigenvalue weighted by Crippen LogP contribution is -1.83. The van der Waals surface area contributed by atoms with Crippen molar-refractivity contribution in [1.82, 2.24) is 0 Å². The van der Waals surface area contributed by atoms with E-state index in [-0.39, 0.29) is 0 Å². The summed E-state index contributed by atoms with van der Waals surface area (Å²) in [6.07, 6.45) is 0. The number of benzene rings is 2. The topological polar surface area (TPSA) is 0 Å². The van der Waals surface area contributed by atoms with E-state index in [1.54, 1.807) is 6.07 Å². The molecule has 19 heavy (non-hydrogen) atoms. The number of halogens is 4. The Morgan fingerprint density at radius 2 is 1.74 bits per heavy atom. The van der Waals surface area contributed by atoms with Gasteiger partial charge in [-0.2, -0.15) is 0 Å². The minimum atomic E-state index is -0.594. The second-order valence-corrected chi connectivity index (χ2v) is 5.85. The van der Waals surface area contributed by atoms with Gasteiger partial charge in [-0.25, -0.2) is 8.78 Å². The van der Waals surface area contributed by atoms with Gasteiger partial charge in [-0.15, -0.1) is 11.3 Å². The lowest BCUT2D eigenvalue weighted by Gasteiger charge is -1.99. The van der Waals surface area contributed by atoms with E-state index in [0.29, 0.717) is 20.5 Å². The summed E-state index contributed by atoms with van der Waals surface area (Å²) in [5, 5.41) is 1.80. The fourth-order valence-electron chi connectivity index (χ4n) is 1.87. The highest BCUT2D eigenvalue weighted by Gasteiger charge is 2.12. The van der Waals surface area contributed by atoms with Gasteiger partial charge in [0, 0.05) is 16.5 Å². The maximum atomic E-state index is 13.8. The maximum absolute atomic E-state index is 13.8. The normalized spacial score (nSPS) is 11.2. The summed E-state index contributed by atoms with van der Waals surface area (Å²) in [4.78, 5) is 0.691. The van der Waals surface area contributed by atoms with Crippen molar-refractivity contribution in [2.75, 3.05) is 0 Å². The van der Waals surface area contributed by atoms with Crippen LogP contribution in [-0.2, 0) is 0 Å². The number of rotatable bonds is 1. The van der Waals surface area contributed by atoms with Crippen LogP contribution < -0.4 is 0 Å². The molecule has 0 aliphatic rings. The molecule has 5 heteroatoms. The molecule has 96 valence electrons. The largest absolute Gasteiger partial charge is 0.207 e. The van der Waals surface area contributed by atoms with Crippen LogP contribution in [0.4, 0.5) is 8.78 Å². The van der Waals surface area contributed by atoms with E-state index in [0.717, 1.165) is 16.2 Å². The van der Waals surface area contributed by atoms with Gasteiger partial charge in [0.15, 0.2) is 0 Å². The molecular weight excluding hydrogens is 309 g/mol. The van der Waals surface area contributed by atoms with Gasteiger partial charge in [0.1, 0.15) is 11.6 Å². The van der Waals surface area contributed by atoms with Crippen molar-refractivity contribution in [3.8, 4) is 10.4 Å². The highest BCUT2D eigenvalue weighted by Crippen LogP contribution is 2.40. The van der Waals surface area contributed by atoms with Gasteiger partial charge in [0.2, 0.25) is 0 Å². The van der Waals surface area contributed by atoms with Crippen LogP contribution in [0.2, 0.25) is 10.0 Å². The van der Waals surface area contributed by atoms with Gasteiger partial charge in [-0.3, -0.25) is 0 Å². The molecule has 3 aromatic rings. The summed E-state index contributed by atoms with van der Waals surface area (Å²) in [5.74, 6) is -1.18. The standard InChI is InChI=1S/C14H6Cl2F2S/c15-10-4-1-7-5-12(19-14(7)13(10)16)9-3-2-8(17)6-11(9)18/h1-6H. The lowest BCUT2D eigenvalue weighted by atomic mass is 10.1. The Hall–Kier alpha value is -1.16. The van der Waals surface area contributed by atoms with Gasteiger partial charge in [0.25, 0.3) is 0 Å². The van der Waals surface area contributed by atoms with Crippen molar-refractivity contribution >= 4 is 44.6 Å². The van der Waals surface area contributed by atoms with E-state index in [1.165, 1.54) is 23.5 Å². The predicted octanol–water partition coefficient (Wildman–Crippen LogP) is 6.15. The molecule has 0 fully saturated rings. The van der Waals surface area contributed by atoms with Crippen LogP contribution in [0.15, 0.2) is 36.4 Å². The lowest BCUT2D eigenvalue weighted by molar-refractivity contribution is 0.586. The molecule has 0 saturated heterocycles. The first-order chi connectivity index (χ1) is 9.06. The fraction of sp³-hybridized carbons (Fsp3) is 0. The van der Waals surface area contributed by atoms with Crippen LogP contribution in [0, 0.1) is 11.6 Å². The number of hydrogen-bond acceptors (Lipinski definition) is 1. The van der Waals surface area contributed by atoms with Gasteiger partial charge < -0.3 is 0 Å². The van der Waals surface area contributed by atoms with Gasteiger partial charge in [0.05, 0.1) is 14.7 Å². The minimum Gasteiger partial charge on any atom is -0.207 e. The molecule has 0 aliphatic carbocycles. The Bertz CT molecular complexity index is 780. The quantitative estimate of drug-likeness (QED) is 0.505. The molecule has 0 nitrogen and oxygen atoms in total. The van der Waals surface area contributed by atoms with Crippen LogP contribution in [0.25, 0.3) is 20.5 Å². The zero-order chi connectivity index (χ0) is 13.6. The molecule has 3 rings (SSSR count). The third kappa shape index (κ3) is 2.22. The third-order valence-corrected chi connectivity index (χ3v) is 4.89. The van der Waals surface area contributed by atoms with Crippen molar-refractivity contribution in [1.29, 1.82) is 0 Å². The molecule has 2 aromatic carbocycles. The molecule has 0 atom stereocenters. The number of thiophene rings is 1. The molecule has 0 amide bonds. The molecule has 1 heterocycles. The van der Waals surface area contributed by atoms with Crippen LogP contribution in [0.1, 0.15) is 0 Å². The van der Waals surface area contributed by atoms with E-state index in [2.05, 4.69) is 0 Å². The third-order valence-electron chi connectivity index (χ3n) is 2.78. The summed E-state index contributed by atoms with van der Waals surface area (Å²) in [6, 6.07) is 8.86. The monoisotopic (exact) mass is 314 g/mol. The Morgan fingerprint density at radius 3 is 2.47 bits per heavy atom. The molecule has 1 aromatic heterocycles. The predicted molar refractivity (Wildman–Crippen MR) is 77.2 cm³/mol. The van der Waals surface area contributed by atoms with Crippen molar-refractivity contribution in [3.63, 3.8) is 0 Å². The second kappa shape index (κ2) is 4.75. The molecule has 0 saturated carbocycles. The first-order valence-electron chi connectivity index (χ1n) is 5.39. The average Bonchev–Trinajstić information content (AvgIpc) is 2.78. The Kier molecular flexibility index (Phi) is 3.21. The number of hydrogen-bond donors (Lipinski definition) is 0. The number of fused-ring (bicyclic) bond motifs is 1. The zero-order valence-electron chi connectivity index (χ0n) is 9.38. The van der Waals surface area contributed by atoms with E-state index in [1.807, 2.05) is 12.1 Å². The SMILES string of the molecule is Fc1ccc(-c2cc3ccc(Cl)c(Cl)c3s2)c(F)c1. The summed E-state index contributed by atoms with van der Waals surface area (Å²) < 4.78 is 27.5. The van der Waals surface area contributed by atoms with Gasteiger partial charge >= 0.3 is 0 Å². The highest BCUT2D eigenvalue weighted by molar-refractivity contribution is 7.23. The molecular formula is C14H6Cl2F2S. The summed E-state index contributed by atoms with van der Waals surface area (Å²) >= 11 is 13.4. The Balaban J connectivity index is 2.23. The average molecular weight is 315 g/mol. The van der Waals surface area contributed by atoms with E-state index in [4.69, 9.17) is 23.2 Å². The van der Waals surface area contributed by atoms with Gasteiger partial charge in [-0.1, -0.05) is 29.3 Å². The molecule has 0 unspecified atom stereocenters. The van der Waals surface area contributed by atoms with Crippen molar-refractivity contribution in [2.24, 2.45) is 0 Å². The first kappa shape index (κ1) is 12.9. The van der Waals surface area contributed by atoms with Crippen molar-refractivity contribution in [3.05, 3.63) is 58.1 Å². The smallest absolute Gasteiger partial charge is 0.134 e. The van der Waals surface area contributed by atoms with Crippen LogP contribution in [0.3, 0.4) is 0 Å². The van der Waals surface area contributed by atoms with Gasteiger partial charge in [-0.05, 0) is 29.7 Å². The fourth-order valence-corrected chi connectivity index (χ4v) is 3.49. The zero-order valence-corrected chi connectivity index (χ0v) is 11.7. The van der Waals surface area contributed by atoms with Crippen LogP contribution in [-0.4, -0.2) is 0 Å². The van der Waals surface area contributed by atoms with E-state index < -0.39 is 11.6 Å². The van der Waals surface area contributed by atoms with Crippen LogP contribution in [0.5, 0.6) is 0 Å². The first-order valence-corrected chi connectivity index (χ1v) is 6.96. The highest BCUT2D eigenvalue weighted by atomic mass is 35.5. The Morgan fingerprint density at radius 1 is 0.947 bits per heavy atom.